The van der Waals surface area contributed by atoms with Crippen LogP contribution in [0.2, 0.25) is 0 Å². The number of pyridine rings is 1. The fourth-order valence-electron chi connectivity index (χ4n) is 1.80. The second-order valence-electron chi connectivity index (χ2n) is 4.68. The van der Waals surface area contributed by atoms with Crippen molar-refractivity contribution in [3.63, 3.8) is 0 Å². The Morgan fingerprint density at radius 1 is 1.10 bits per heavy atom. The quantitative estimate of drug-likeness (QED) is 0.866. The van der Waals surface area contributed by atoms with E-state index in [1.807, 2.05) is 0 Å². The maximum Gasteiger partial charge on any atom is 0.357 e. The van der Waals surface area contributed by atoms with Crippen LogP contribution in [-0.4, -0.2) is 13.1 Å². The Morgan fingerprint density at radius 3 is 2.24 bits per heavy atom. The van der Waals surface area contributed by atoms with Crippen molar-refractivity contribution in [2.24, 2.45) is 0 Å². The standard InChI is InChI=1S/C14H14FNO4S/c1-9-8-10(2)16(14(17)11(9)3)20-21(18,19)13-6-4-12(15)5-7-13/h4-8H,1-3H3. The minimum absolute atomic E-state index is 0.228. The summed E-state index contributed by atoms with van der Waals surface area (Å²) in [5.41, 5.74) is 0.957. The molecule has 2 rings (SSSR count). The Bertz CT molecular complexity index is 839. The van der Waals surface area contributed by atoms with Crippen LogP contribution in [0.25, 0.3) is 0 Å². The number of rotatable bonds is 3. The first-order chi connectivity index (χ1) is 9.72. The van der Waals surface area contributed by atoms with E-state index in [9.17, 15) is 17.6 Å². The van der Waals surface area contributed by atoms with Crippen molar-refractivity contribution in [2.75, 3.05) is 0 Å². The van der Waals surface area contributed by atoms with Crippen LogP contribution < -0.4 is 9.84 Å². The van der Waals surface area contributed by atoms with Crippen molar-refractivity contribution < 1.29 is 17.1 Å². The van der Waals surface area contributed by atoms with Crippen LogP contribution >= 0.6 is 0 Å². The molecule has 0 bridgehead atoms. The van der Waals surface area contributed by atoms with Crippen LogP contribution in [0.3, 0.4) is 0 Å². The minimum atomic E-state index is -4.21. The number of benzene rings is 1. The molecule has 0 saturated carbocycles. The van der Waals surface area contributed by atoms with Crippen molar-refractivity contribution in [3.8, 4) is 0 Å². The molecule has 2 aromatic rings. The molecule has 0 atom stereocenters. The predicted octanol–water partition coefficient (Wildman–Crippen LogP) is 1.73. The van der Waals surface area contributed by atoms with E-state index in [2.05, 4.69) is 0 Å². The molecule has 0 aliphatic carbocycles. The third-order valence-electron chi connectivity index (χ3n) is 3.12. The van der Waals surface area contributed by atoms with Gasteiger partial charge in [-0.2, -0.15) is 8.42 Å². The van der Waals surface area contributed by atoms with Crippen molar-refractivity contribution in [2.45, 2.75) is 25.7 Å². The SMILES string of the molecule is Cc1cc(C)n(OS(=O)(=O)c2ccc(F)cc2)c(=O)c1C. The summed E-state index contributed by atoms with van der Waals surface area (Å²) in [7, 11) is -4.21. The lowest BCUT2D eigenvalue weighted by atomic mass is 10.1. The Hall–Kier alpha value is -2.15. The van der Waals surface area contributed by atoms with Gasteiger partial charge in [0.1, 0.15) is 10.7 Å². The zero-order valence-electron chi connectivity index (χ0n) is 11.8. The number of nitrogens with zero attached hydrogens (tertiary/aromatic N) is 1. The molecule has 0 unspecified atom stereocenters. The van der Waals surface area contributed by atoms with Gasteiger partial charge in [0.25, 0.3) is 5.56 Å². The van der Waals surface area contributed by atoms with Gasteiger partial charge < -0.3 is 0 Å². The first-order valence-corrected chi connectivity index (χ1v) is 7.53. The largest absolute Gasteiger partial charge is 0.357 e. The highest BCUT2D eigenvalue weighted by atomic mass is 32.2. The number of aromatic nitrogens is 1. The lowest BCUT2D eigenvalue weighted by molar-refractivity contribution is 0.258. The van der Waals surface area contributed by atoms with Crippen LogP contribution in [-0.2, 0) is 10.1 Å². The number of aryl methyl sites for hydroxylation is 2. The molecule has 0 aliphatic rings. The number of hydrogen-bond acceptors (Lipinski definition) is 4. The second-order valence-corrected chi connectivity index (χ2v) is 6.20. The molecule has 0 aliphatic heterocycles. The highest BCUT2D eigenvalue weighted by Crippen LogP contribution is 2.12. The normalized spacial score (nSPS) is 11.4. The first kappa shape index (κ1) is 15.2. The zero-order chi connectivity index (χ0) is 15.8. The predicted molar refractivity (Wildman–Crippen MR) is 75.1 cm³/mol. The average molecular weight is 311 g/mol. The number of hydrogen-bond donors (Lipinski definition) is 0. The minimum Gasteiger partial charge on any atom is -0.280 e. The summed E-state index contributed by atoms with van der Waals surface area (Å²) in [5.74, 6) is -0.562. The van der Waals surface area contributed by atoms with Gasteiger partial charge in [0.2, 0.25) is 0 Å². The molecule has 21 heavy (non-hydrogen) atoms. The van der Waals surface area contributed by atoms with E-state index in [1.165, 1.54) is 0 Å². The lowest BCUT2D eigenvalue weighted by Gasteiger charge is -2.13. The highest BCUT2D eigenvalue weighted by Gasteiger charge is 2.19. The monoisotopic (exact) mass is 311 g/mol. The van der Waals surface area contributed by atoms with Crippen molar-refractivity contribution in [3.05, 3.63) is 63.3 Å². The molecule has 7 heteroatoms. The fourth-order valence-corrected chi connectivity index (χ4v) is 2.73. The van der Waals surface area contributed by atoms with Crippen LogP contribution in [0.15, 0.2) is 40.0 Å². The fraction of sp³-hybridized carbons (Fsp3) is 0.214. The smallest absolute Gasteiger partial charge is 0.280 e. The molecule has 1 heterocycles. The van der Waals surface area contributed by atoms with Gasteiger partial charge in [0.05, 0.1) is 5.69 Å². The summed E-state index contributed by atoms with van der Waals surface area (Å²) in [6.07, 6.45) is 0. The van der Waals surface area contributed by atoms with Gasteiger partial charge in [-0.3, -0.25) is 9.08 Å². The van der Waals surface area contributed by atoms with Crippen LogP contribution in [0.5, 0.6) is 0 Å². The summed E-state index contributed by atoms with van der Waals surface area (Å²) in [6.45, 7) is 4.90. The van der Waals surface area contributed by atoms with Crippen LogP contribution in [0.1, 0.15) is 16.8 Å². The summed E-state index contributed by atoms with van der Waals surface area (Å²) in [5, 5.41) is 0. The van der Waals surface area contributed by atoms with Crippen molar-refractivity contribution >= 4 is 10.1 Å². The Balaban J connectivity index is 2.49. The van der Waals surface area contributed by atoms with Gasteiger partial charge in [-0.25, -0.2) is 4.39 Å². The second kappa shape index (κ2) is 5.33. The topological polar surface area (TPSA) is 65.4 Å². The van der Waals surface area contributed by atoms with E-state index in [0.717, 1.165) is 34.6 Å². The Labute approximate surface area is 121 Å². The van der Waals surface area contributed by atoms with E-state index >= 15 is 0 Å². The molecule has 0 radical (unpaired) electrons. The molecule has 0 N–H and O–H groups in total. The molecule has 5 nitrogen and oxygen atoms in total. The van der Waals surface area contributed by atoms with Crippen LogP contribution in [0.4, 0.5) is 4.39 Å². The summed E-state index contributed by atoms with van der Waals surface area (Å²) < 4.78 is 42.7. The summed E-state index contributed by atoms with van der Waals surface area (Å²) >= 11 is 0. The third-order valence-corrected chi connectivity index (χ3v) is 4.31. The molecular weight excluding hydrogens is 297 g/mol. The number of halogens is 1. The third kappa shape index (κ3) is 2.97. The molecular formula is C14H14FNO4S. The molecule has 1 aromatic heterocycles. The zero-order valence-corrected chi connectivity index (χ0v) is 12.6. The Kier molecular flexibility index (Phi) is 3.87. The summed E-state index contributed by atoms with van der Waals surface area (Å²) in [6, 6.07) is 5.81. The van der Waals surface area contributed by atoms with E-state index < -0.39 is 21.5 Å². The van der Waals surface area contributed by atoms with E-state index in [-0.39, 0.29) is 4.90 Å². The van der Waals surface area contributed by atoms with Gasteiger partial charge in [-0.1, -0.05) is 0 Å². The highest BCUT2D eigenvalue weighted by molar-refractivity contribution is 7.87. The molecule has 0 amide bonds. The van der Waals surface area contributed by atoms with Crippen molar-refractivity contribution in [1.82, 2.24) is 4.73 Å². The maximum atomic E-state index is 12.8. The average Bonchev–Trinajstić information content (AvgIpc) is 2.42. The maximum absolute atomic E-state index is 12.8. The van der Waals surface area contributed by atoms with Gasteiger partial charge in [0.15, 0.2) is 0 Å². The van der Waals surface area contributed by atoms with Crippen LogP contribution in [0, 0.1) is 26.6 Å². The first-order valence-electron chi connectivity index (χ1n) is 6.13. The van der Waals surface area contributed by atoms with Crippen molar-refractivity contribution in [1.29, 1.82) is 0 Å². The molecule has 1 aromatic carbocycles. The molecule has 0 fully saturated rings. The lowest BCUT2D eigenvalue weighted by Crippen LogP contribution is -2.34. The molecule has 112 valence electrons. The Morgan fingerprint density at radius 2 is 1.67 bits per heavy atom. The molecule has 0 saturated heterocycles. The van der Waals surface area contributed by atoms with Gasteiger partial charge in [-0.05, 0) is 56.7 Å². The van der Waals surface area contributed by atoms with E-state index in [4.69, 9.17) is 4.28 Å². The van der Waals surface area contributed by atoms with Gasteiger partial charge in [0, 0.05) is 5.56 Å². The van der Waals surface area contributed by atoms with Gasteiger partial charge in [-0.15, -0.1) is 4.73 Å². The van der Waals surface area contributed by atoms with E-state index in [1.54, 1.807) is 26.8 Å². The van der Waals surface area contributed by atoms with Gasteiger partial charge >= 0.3 is 10.1 Å². The van der Waals surface area contributed by atoms with E-state index in [0.29, 0.717) is 11.3 Å². The molecule has 0 spiro atoms. The summed E-state index contributed by atoms with van der Waals surface area (Å²) in [4.78, 5) is 11.9.